The second-order valence-corrected chi connectivity index (χ2v) is 7.01. The number of hydrogen-bond donors (Lipinski definition) is 4. The lowest BCUT2D eigenvalue weighted by atomic mass is 10.0. The Kier molecular flexibility index (Phi) is 5.16. The molecule has 0 saturated carbocycles. The fourth-order valence-corrected chi connectivity index (χ4v) is 3.56. The molecule has 1 aliphatic rings. The number of para-hydroxylation sites is 3. The Balaban J connectivity index is 1.43. The maximum atomic E-state index is 12.6. The first kappa shape index (κ1) is 18.6. The van der Waals surface area contributed by atoms with Crippen molar-refractivity contribution >= 4 is 29.0 Å². The van der Waals surface area contributed by atoms with Crippen LogP contribution >= 0.6 is 0 Å². The maximum absolute atomic E-state index is 12.6. The molecule has 3 aromatic carbocycles. The van der Waals surface area contributed by atoms with Gasteiger partial charge in [-0.1, -0.05) is 36.4 Å². The predicted octanol–water partition coefficient (Wildman–Crippen LogP) is 4.33. The summed E-state index contributed by atoms with van der Waals surface area (Å²) in [5.74, 6) is -0.205. The Morgan fingerprint density at radius 2 is 1.66 bits per heavy atom. The fraction of sp³-hybridized carbons (Fsp3) is 0.130. The molecule has 4 rings (SSSR count). The largest absolute Gasteiger partial charge is 0.397 e. The molecular weight excluding hydrogens is 364 g/mol. The van der Waals surface area contributed by atoms with Gasteiger partial charge in [0.25, 0.3) is 5.91 Å². The van der Waals surface area contributed by atoms with Crippen molar-refractivity contribution in [3.63, 3.8) is 0 Å². The van der Waals surface area contributed by atoms with E-state index in [1.54, 1.807) is 18.2 Å². The van der Waals surface area contributed by atoms with Gasteiger partial charge in [0.1, 0.15) is 0 Å². The summed E-state index contributed by atoms with van der Waals surface area (Å²) in [7, 11) is 0. The van der Waals surface area contributed by atoms with Gasteiger partial charge in [0, 0.05) is 11.3 Å². The summed E-state index contributed by atoms with van der Waals surface area (Å²) in [6.07, 6.45) is 1.61. The van der Waals surface area contributed by atoms with Crippen LogP contribution < -0.4 is 21.7 Å². The van der Waals surface area contributed by atoms with Crippen molar-refractivity contribution in [3.8, 4) is 0 Å². The van der Waals surface area contributed by atoms with Gasteiger partial charge in [-0.3, -0.25) is 4.79 Å². The zero-order valence-corrected chi connectivity index (χ0v) is 15.8. The second kappa shape index (κ2) is 8.06. The monoisotopic (exact) mass is 386 g/mol. The highest BCUT2D eigenvalue weighted by Crippen LogP contribution is 2.32. The molecule has 29 heavy (non-hydrogen) atoms. The lowest BCUT2D eigenvalue weighted by Crippen LogP contribution is -2.31. The number of aryl methyl sites for hydroxylation is 1. The highest BCUT2D eigenvalue weighted by atomic mass is 16.2. The van der Waals surface area contributed by atoms with Crippen molar-refractivity contribution in [2.75, 3.05) is 16.4 Å². The number of carbonyl (C=O) groups is 2. The molecule has 0 aliphatic heterocycles. The van der Waals surface area contributed by atoms with Crippen LogP contribution in [0.5, 0.6) is 0 Å². The Bertz CT molecular complexity index is 1050. The van der Waals surface area contributed by atoms with Crippen LogP contribution in [-0.4, -0.2) is 11.9 Å². The molecular formula is C23H22N4O2. The zero-order valence-electron chi connectivity index (χ0n) is 15.8. The number of benzene rings is 3. The fourth-order valence-electron chi connectivity index (χ4n) is 3.56. The maximum Gasteiger partial charge on any atom is 0.319 e. The van der Waals surface area contributed by atoms with Gasteiger partial charge in [-0.2, -0.15) is 0 Å². The molecule has 3 amide bonds. The van der Waals surface area contributed by atoms with E-state index in [-0.39, 0.29) is 18.0 Å². The van der Waals surface area contributed by atoms with E-state index in [1.165, 1.54) is 0 Å². The molecule has 0 bridgehead atoms. The lowest BCUT2D eigenvalue weighted by molar-refractivity contribution is 0.102. The number of nitrogen functional groups attached to an aromatic ring is 1. The Labute approximate surface area is 169 Å². The van der Waals surface area contributed by atoms with Gasteiger partial charge >= 0.3 is 6.03 Å². The topological polar surface area (TPSA) is 96.2 Å². The van der Waals surface area contributed by atoms with Gasteiger partial charge in [-0.25, -0.2) is 4.79 Å². The number of carbonyl (C=O) groups excluding carboxylic acids is 2. The van der Waals surface area contributed by atoms with Crippen molar-refractivity contribution in [2.45, 2.75) is 18.9 Å². The van der Waals surface area contributed by atoms with E-state index < -0.39 is 0 Å². The molecule has 0 fully saturated rings. The van der Waals surface area contributed by atoms with Crippen LogP contribution in [0.25, 0.3) is 0 Å². The van der Waals surface area contributed by atoms with E-state index in [9.17, 15) is 9.59 Å². The lowest BCUT2D eigenvalue weighted by Gasteiger charge is -2.15. The van der Waals surface area contributed by atoms with Crippen LogP contribution in [-0.2, 0) is 6.42 Å². The van der Waals surface area contributed by atoms with E-state index in [4.69, 9.17) is 5.73 Å². The summed E-state index contributed by atoms with van der Waals surface area (Å²) in [5, 5.41) is 8.69. The average molecular weight is 386 g/mol. The molecule has 1 atom stereocenters. The average Bonchev–Trinajstić information content (AvgIpc) is 3.12. The van der Waals surface area contributed by atoms with Gasteiger partial charge in [-0.05, 0) is 60.4 Å². The van der Waals surface area contributed by atoms with Crippen LogP contribution in [0.2, 0.25) is 0 Å². The third-order valence-electron chi connectivity index (χ3n) is 5.03. The Morgan fingerprint density at radius 1 is 0.897 bits per heavy atom. The molecule has 0 radical (unpaired) electrons. The second-order valence-electron chi connectivity index (χ2n) is 7.01. The van der Waals surface area contributed by atoms with Gasteiger partial charge in [-0.15, -0.1) is 0 Å². The number of nitrogens with two attached hydrogens (primary N) is 1. The van der Waals surface area contributed by atoms with Gasteiger partial charge < -0.3 is 21.7 Å². The van der Waals surface area contributed by atoms with Crippen molar-refractivity contribution in [3.05, 3.63) is 89.5 Å². The molecule has 0 heterocycles. The van der Waals surface area contributed by atoms with Crippen LogP contribution in [0.3, 0.4) is 0 Å². The highest BCUT2D eigenvalue weighted by molar-refractivity contribution is 6.05. The van der Waals surface area contributed by atoms with Gasteiger partial charge in [0.15, 0.2) is 0 Å². The number of fused-ring (bicyclic) bond motifs is 1. The first-order valence-corrected chi connectivity index (χ1v) is 9.51. The molecule has 3 aromatic rings. The number of anilines is 3. The summed E-state index contributed by atoms with van der Waals surface area (Å²) in [6, 6.07) is 21.8. The minimum Gasteiger partial charge on any atom is -0.397 e. The summed E-state index contributed by atoms with van der Waals surface area (Å²) in [4.78, 5) is 24.9. The molecule has 0 spiro atoms. The first-order chi connectivity index (χ1) is 14.1. The standard InChI is InChI=1S/C23H22N4O2/c24-19-8-4-5-9-21(19)26-22(28)16-10-12-18-15(14-16)11-13-20(18)27-23(29)25-17-6-2-1-3-7-17/h1-10,12,14,20H,11,13,24H2,(H,26,28)(H2,25,27,29). The molecule has 1 aliphatic carbocycles. The van der Waals surface area contributed by atoms with Crippen molar-refractivity contribution < 1.29 is 9.59 Å². The molecule has 5 N–H and O–H groups in total. The number of urea groups is 1. The van der Waals surface area contributed by atoms with Gasteiger partial charge in [0.2, 0.25) is 0 Å². The summed E-state index contributed by atoms with van der Waals surface area (Å²) < 4.78 is 0. The third-order valence-corrected chi connectivity index (χ3v) is 5.03. The van der Waals surface area contributed by atoms with Crippen molar-refractivity contribution in [1.82, 2.24) is 5.32 Å². The number of nitrogens with one attached hydrogen (secondary N) is 3. The van der Waals surface area contributed by atoms with E-state index in [0.29, 0.717) is 16.9 Å². The van der Waals surface area contributed by atoms with Crippen LogP contribution in [0.1, 0.15) is 33.9 Å². The van der Waals surface area contributed by atoms with Crippen molar-refractivity contribution in [2.24, 2.45) is 0 Å². The quantitative estimate of drug-likeness (QED) is 0.503. The van der Waals surface area contributed by atoms with E-state index >= 15 is 0 Å². The number of rotatable bonds is 4. The summed E-state index contributed by atoms with van der Waals surface area (Å²) >= 11 is 0. The Morgan fingerprint density at radius 3 is 2.45 bits per heavy atom. The highest BCUT2D eigenvalue weighted by Gasteiger charge is 2.25. The molecule has 0 saturated heterocycles. The number of amides is 3. The predicted molar refractivity (Wildman–Crippen MR) is 115 cm³/mol. The third kappa shape index (κ3) is 4.21. The molecule has 146 valence electrons. The first-order valence-electron chi connectivity index (χ1n) is 9.51. The minimum atomic E-state index is -0.240. The summed E-state index contributed by atoms with van der Waals surface area (Å²) in [5.41, 5.74) is 10.4. The number of hydrogen-bond acceptors (Lipinski definition) is 3. The van der Waals surface area contributed by atoms with Crippen LogP contribution in [0, 0.1) is 0 Å². The molecule has 1 unspecified atom stereocenters. The van der Waals surface area contributed by atoms with E-state index in [0.717, 1.165) is 29.7 Å². The minimum absolute atomic E-state index is 0.0735. The molecule has 6 heteroatoms. The smallest absolute Gasteiger partial charge is 0.319 e. The van der Waals surface area contributed by atoms with E-state index in [2.05, 4.69) is 16.0 Å². The molecule has 6 nitrogen and oxygen atoms in total. The zero-order chi connectivity index (χ0) is 20.2. The van der Waals surface area contributed by atoms with E-state index in [1.807, 2.05) is 54.6 Å². The SMILES string of the molecule is Nc1ccccc1NC(=O)c1ccc2c(c1)CCC2NC(=O)Nc1ccccc1. The Hall–Kier alpha value is -3.80. The normalized spacial score (nSPS) is 14.7. The van der Waals surface area contributed by atoms with Crippen LogP contribution in [0.15, 0.2) is 72.8 Å². The summed E-state index contributed by atoms with van der Waals surface area (Å²) in [6.45, 7) is 0. The van der Waals surface area contributed by atoms with Crippen LogP contribution in [0.4, 0.5) is 21.9 Å². The molecule has 0 aromatic heterocycles. The van der Waals surface area contributed by atoms with Crippen molar-refractivity contribution in [1.29, 1.82) is 0 Å². The van der Waals surface area contributed by atoms with Gasteiger partial charge in [0.05, 0.1) is 17.4 Å².